The first-order valence-electron chi connectivity index (χ1n) is 25.2. The fourth-order valence-electron chi connectivity index (χ4n) is 6.57. The van der Waals surface area contributed by atoms with E-state index < -0.39 is 6.10 Å². The molecule has 6 nitrogen and oxygen atoms in total. The maximum atomic E-state index is 12.7. The van der Waals surface area contributed by atoms with Crippen molar-refractivity contribution in [2.24, 2.45) is 0 Å². The molecule has 0 N–H and O–H groups in total. The maximum Gasteiger partial charge on any atom is 0.306 e. The Kier molecular flexibility index (Phi) is 47.0. The Balaban J connectivity index is 4.22. The van der Waals surface area contributed by atoms with E-state index in [9.17, 15) is 14.4 Å². The van der Waals surface area contributed by atoms with Gasteiger partial charge in [-0.1, -0.05) is 214 Å². The van der Waals surface area contributed by atoms with Crippen LogP contribution in [0.25, 0.3) is 0 Å². The standard InChI is InChI=1S/C56H92O6/c1-4-7-10-13-15-17-19-21-22-23-24-25-26-27-28-29-30-31-32-33-34-35-37-38-40-43-46-49-55(58)61-52-53(51-60-54(57)48-45-42-12-9-6-3)62-56(59)50-47-44-41-39-36-20-18-16-14-11-8-5-2/h7,10,15,17,21-22,24-25,27-28,30-31,33-34,37-38,53H,4-6,8-9,11-14,16,18-20,23,26,29,32,35-36,39-52H2,1-3H3/b10-7-,17-15-,22-21-,25-24-,28-27-,31-30-,34-33-,38-37-. The fourth-order valence-corrected chi connectivity index (χ4v) is 6.57. The Morgan fingerprint density at radius 2 is 0.629 bits per heavy atom. The Hall–Kier alpha value is -3.67. The van der Waals surface area contributed by atoms with Gasteiger partial charge in [0, 0.05) is 19.3 Å². The second-order valence-corrected chi connectivity index (χ2v) is 16.4. The average Bonchev–Trinajstić information content (AvgIpc) is 3.27. The van der Waals surface area contributed by atoms with Gasteiger partial charge < -0.3 is 14.2 Å². The molecule has 0 radical (unpaired) electrons. The molecule has 352 valence electrons. The number of carbonyl (C=O) groups excluding carboxylic acids is 3. The number of hydrogen-bond donors (Lipinski definition) is 0. The lowest BCUT2D eigenvalue weighted by molar-refractivity contribution is -0.167. The molecule has 62 heavy (non-hydrogen) atoms. The number of rotatable bonds is 44. The van der Waals surface area contributed by atoms with Gasteiger partial charge in [0.1, 0.15) is 13.2 Å². The maximum absolute atomic E-state index is 12.7. The summed E-state index contributed by atoms with van der Waals surface area (Å²) in [6.45, 7) is 6.38. The zero-order chi connectivity index (χ0) is 45.1. The summed E-state index contributed by atoms with van der Waals surface area (Å²) in [7, 11) is 0. The van der Waals surface area contributed by atoms with Crippen molar-refractivity contribution in [1.82, 2.24) is 0 Å². The third-order valence-electron chi connectivity index (χ3n) is 10.4. The van der Waals surface area contributed by atoms with Crippen LogP contribution in [0.2, 0.25) is 0 Å². The van der Waals surface area contributed by atoms with Crippen LogP contribution in [0.15, 0.2) is 97.2 Å². The summed E-state index contributed by atoms with van der Waals surface area (Å²) in [5.41, 5.74) is 0. The van der Waals surface area contributed by atoms with Crippen LogP contribution in [0, 0.1) is 0 Å². The molecule has 0 aliphatic carbocycles. The molecule has 6 heteroatoms. The van der Waals surface area contributed by atoms with E-state index in [-0.39, 0.29) is 31.1 Å². The highest BCUT2D eigenvalue weighted by Gasteiger charge is 2.19. The van der Waals surface area contributed by atoms with Crippen molar-refractivity contribution in [2.45, 2.75) is 226 Å². The summed E-state index contributed by atoms with van der Waals surface area (Å²) in [5, 5.41) is 0. The summed E-state index contributed by atoms with van der Waals surface area (Å²) >= 11 is 0. The lowest BCUT2D eigenvalue weighted by atomic mass is 10.0. The van der Waals surface area contributed by atoms with E-state index in [2.05, 4.69) is 118 Å². The van der Waals surface area contributed by atoms with Crippen LogP contribution in [0.1, 0.15) is 220 Å². The normalized spacial score (nSPS) is 12.9. The number of ether oxygens (including phenoxy) is 3. The molecule has 1 unspecified atom stereocenters. The van der Waals surface area contributed by atoms with E-state index in [0.717, 1.165) is 116 Å². The minimum atomic E-state index is -0.789. The SMILES string of the molecule is CC/C=C\C/C=C\C/C=C\C/C=C\C/C=C\C/C=C\C/C=C\C/C=C\CCCCC(=O)OCC(COC(=O)CCCCCCC)OC(=O)CCCCCCCCCCCCCC. The van der Waals surface area contributed by atoms with Gasteiger partial charge in [0.15, 0.2) is 6.10 Å². The minimum Gasteiger partial charge on any atom is -0.462 e. The molecular formula is C56H92O6. The van der Waals surface area contributed by atoms with Crippen molar-refractivity contribution in [3.05, 3.63) is 97.2 Å². The van der Waals surface area contributed by atoms with Gasteiger partial charge in [-0.15, -0.1) is 0 Å². The summed E-state index contributed by atoms with van der Waals surface area (Å²) in [4.78, 5) is 37.6. The van der Waals surface area contributed by atoms with E-state index in [1.165, 1.54) is 64.2 Å². The first-order chi connectivity index (χ1) is 30.5. The van der Waals surface area contributed by atoms with E-state index in [4.69, 9.17) is 14.2 Å². The van der Waals surface area contributed by atoms with Crippen molar-refractivity contribution in [3.8, 4) is 0 Å². The van der Waals surface area contributed by atoms with Crippen LogP contribution >= 0.6 is 0 Å². The van der Waals surface area contributed by atoms with Crippen molar-refractivity contribution in [3.63, 3.8) is 0 Å². The number of unbranched alkanes of at least 4 members (excludes halogenated alkanes) is 17. The highest BCUT2D eigenvalue weighted by molar-refractivity contribution is 5.71. The first kappa shape index (κ1) is 58.3. The molecule has 0 aromatic heterocycles. The Morgan fingerprint density at radius 1 is 0.339 bits per heavy atom. The minimum absolute atomic E-state index is 0.0914. The number of allylic oxidation sites excluding steroid dienone is 16. The van der Waals surface area contributed by atoms with E-state index in [1.807, 2.05) is 0 Å². The van der Waals surface area contributed by atoms with Gasteiger partial charge in [-0.05, 0) is 83.5 Å². The molecular weight excluding hydrogens is 769 g/mol. The molecule has 0 heterocycles. The predicted molar refractivity (Wildman–Crippen MR) is 265 cm³/mol. The van der Waals surface area contributed by atoms with Gasteiger partial charge in [0.25, 0.3) is 0 Å². The fraction of sp³-hybridized carbons (Fsp3) is 0.661. The van der Waals surface area contributed by atoms with Gasteiger partial charge in [-0.2, -0.15) is 0 Å². The quantitative estimate of drug-likeness (QED) is 0.0263. The molecule has 0 saturated heterocycles. The monoisotopic (exact) mass is 861 g/mol. The molecule has 0 saturated carbocycles. The molecule has 0 aliphatic rings. The Bertz CT molecular complexity index is 1260. The van der Waals surface area contributed by atoms with Crippen molar-refractivity contribution in [1.29, 1.82) is 0 Å². The van der Waals surface area contributed by atoms with Gasteiger partial charge in [0.2, 0.25) is 0 Å². The van der Waals surface area contributed by atoms with Crippen LogP contribution in [0.3, 0.4) is 0 Å². The second kappa shape index (κ2) is 50.0. The van der Waals surface area contributed by atoms with E-state index >= 15 is 0 Å². The molecule has 0 aliphatic heterocycles. The third kappa shape index (κ3) is 47.4. The van der Waals surface area contributed by atoms with Crippen LogP contribution in [-0.4, -0.2) is 37.2 Å². The predicted octanol–water partition coefficient (Wildman–Crippen LogP) is 16.6. The van der Waals surface area contributed by atoms with Crippen LogP contribution in [0.5, 0.6) is 0 Å². The third-order valence-corrected chi connectivity index (χ3v) is 10.4. The van der Waals surface area contributed by atoms with E-state index in [0.29, 0.717) is 19.3 Å². The number of hydrogen-bond acceptors (Lipinski definition) is 6. The highest BCUT2D eigenvalue weighted by Crippen LogP contribution is 2.14. The molecule has 1 atom stereocenters. The van der Waals surface area contributed by atoms with Crippen molar-refractivity contribution >= 4 is 17.9 Å². The topological polar surface area (TPSA) is 78.9 Å². The largest absolute Gasteiger partial charge is 0.462 e. The van der Waals surface area contributed by atoms with E-state index in [1.54, 1.807) is 0 Å². The molecule has 0 amide bonds. The summed E-state index contributed by atoms with van der Waals surface area (Å²) < 4.78 is 16.6. The lowest BCUT2D eigenvalue weighted by Gasteiger charge is -2.18. The Morgan fingerprint density at radius 3 is 0.984 bits per heavy atom. The van der Waals surface area contributed by atoms with Crippen molar-refractivity contribution in [2.75, 3.05) is 13.2 Å². The zero-order valence-electron chi connectivity index (χ0n) is 40.1. The summed E-state index contributed by atoms with van der Waals surface area (Å²) in [5.74, 6) is -0.956. The smallest absolute Gasteiger partial charge is 0.306 e. The molecule has 0 spiro atoms. The highest BCUT2D eigenvalue weighted by atomic mass is 16.6. The van der Waals surface area contributed by atoms with Gasteiger partial charge in [-0.25, -0.2) is 0 Å². The zero-order valence-corrected chi connectivity index (χ0v) is 40.1. The number of carbonyl (C=O) groups is 3. The van der Waals surface area contributed by atoms with Gasteiger partial charge in [0.05, 0.1) is 0 Å². The van der Waals surface area contributed by atoms with Crippen LogP contribution in [-0.2, 0) is 28.6 Å². The molecule has 0 rings (SSSR count). The molecule has 0 bridgehead atoms. The molecule has 0 aromatic rings. The van der Waals surface area contributed by atoms with Crippen molar-refractivity contribution < 1.29 is 28.6 Å². The summed E-state index contributed by atoms with van der Waals surface area (Å²) in [6.07, 6.45) is 65.8. The molecule has 0 fully saturated rings. The summed E-state index contributed by atoms with van der Waals surface area (Å²) in [6, 6.07) is 0. The lowest BCUT2D eigenvalue weighted by Crippen LogP contribution is -2.30. The average molecular weight is 861 g/mol. The van der Waals surface area contributed by atoms with Crippen LogP contribution in [0.4, 0.5) is 0 Å². The number of esters is 3. The van der Waals surface area contributed by atoms with Gasteiger partial charge in [-0.3, -0.25) is 14.4 Å². The Labute approximate surface area is 381 Å². The van der Waals surface area contributed by atoms with Crippen LogP contribution < -0.4 is 0 Å². The molecule has 0 aromatic carbocycles. The van der Waals surface area contributed by atoms with Gasteiger partial charge >= 0.3 is 17.9 Å². The second-order valence-electron chi connectivity index (χ2n) is 16.4. The first-order valence-corrected chi connectivity index (χ1v) is 25.2.